The first-order chi connectivity index (χ1) is 8.72. The molecule has 18 heavy (non-hydrogen) atoms. The maximum Gasteiger partial charge on any atom is 0.221 e. The molecule has 1 amide bonds. The molecule has 1 atom stereocenters. The molecular weight excluding hydrogens is 226 g/mol. The molecule has 0 fully saturated rings. The van der Waals surface area contributed by atoms with Crippen molar-refractivity contribution in [2.45, 2.75) is 25.8 Å². The van der Waals surface area contributed by atoms with E-state index < -0.39 is 0 Å². The third-order valence-corrected chi connectivity index (χ3v) is 3.39. The number of rotatable bonds is 5. The highest BCUT2D eigenvalue weighted by Crippen LogP contribution is 2.30. The smallest absolute Gasteiger partial charge is 0.221 e. The molecule has 1 aromatic carbocycles. The second kappa shape index (κ2) is 5.87. The summed E-state index contributed by atoms with van der Waals surface area (Å²) in [5.74, 6) is 0.0395. The first-order valence-electron chi connectivity index (χ1n) is 6.53. The Balaban J connectivity index is 1.88. The standard InChI is InChI=1S/C14H21N3O/c1-11-10-12-4-2-3-5-13(12)17(11)9-8-16-14(18)6-7-15/h2-5,11H,6-10,15H2,1H3,(H,16,18). The summed E-state index contributed by atoms with van der Waals surface area (Å²) >= 11 is 0. The van der Waals surface area contributed by atoms with E-state index in [9.17, 15) is 4.79 Å². The molecule has 4 nitrogen and oxygen atoms in total. The van der Waals surface area contributed by atoms with Crippen molar-refractivity contribution < 1.29 is 4.79 Å². The lowest BCUT2D eigenvalue weighted by molar-refractivity contribution is -0.120. The normalized spacial score (nSPS) is 17.7. The number of anilines is 1. The zero-order valence-corrected chi connectivity index (χ0v) is 10.9. The van der Waals surface area contributed by atoms with E-state index in [-0.39, 0.29) is 5.91 Å². The fourth-order valence-electron chi connectivity index (χ4n) is 2.51. The van der Waals surface area contributed by atoms with Crippen LogP contribution in [0.2, 0.25) is 0 Å². The molecule has 1 aliphatic rings. The monoisotopic (exact) mass is 247 g/mol. The van der Waals surface area contributed by atoms with Gasteiger partial charge in [0.15, 0.2) is 0 Å². The van der Waals surface area contributed by atoms with Crippen LogP contribution in [0.3, 0.4) is 0 Å². The van der Waals surface area contributed by atoms with E-state index in [1.165, 1.54) is 11.3 Å². The van der Waals surface area contributed by atoms with Crippen LogP contribution in [-0.2, 0) is 11.2 Å². The van der Waals surface area contributed by atoms with Crippen molar-refractivity contribution in [2.24, 2.45) is 5.73 Å². The highest BCUT2D eigenvalue weighted by molar-refractivity contribution is 5.76. The number of hydrogen-bond acceptors (Lipinski definition) is 3. The molecule has 1 aliphatic heterocycles. The van der Waals surface area contributed by atoms with Crippen molar-refractivity contribution in [3.63, 3.8) is 0 Å². The number of para-hydroxylation sites is 1. The molecule has 0 saturated carbocycles. The maximum absolute atomic E-state index is 11.3. The molecule has 0 bridgehead atoms. The van der Waals surface area contributed by atoms with Gasteiger partial charge >= 0.3 is 0 Å². The molecule has 0 saturated heterocycles. The highest BCUT2D eigenvalue weighted by atomic mass is 16.1. The van der Waals surface area contributed by atoms with Crippen molar-refractivity contribution >= 4 is 11.6 Å². The summed E-state index contributed by atoms with van der Waals surface area (Å²) in [5.41, 5.74) is 8.04. The number of amides is 1. The summed E-state index contributed by atoms with van der Waals surface area (Å²) in [6.07, 6.45) is 1.50. The van der Waals surface area contributed by atoms with E-state index in [0.717, 1.165) is 13.0 Å². The second-order valence-electron chi connectivity index (χ2n) is 4.76. The molecule has 98 valence electrons. The molecule has 0 aliphatic carbocycles. The number of fused-ring (bicyclic) bond motifs is 1. The Morgan fingerprint density at radius 3 is 3.06 bits per heavy atom. The van der Waals surface area contributed by atoms with Gasteiger partial charge in [-0.3, -0.25) is 4.79 Å². The van der Waals surface area contributed by atoms with Crippen LogP contribution >= 0.6 is 0 Å². The lowest BCUT2D eigenvalue weighted by Gasteiger charge is -2.25. The molecule has 2 rings (SSSR count). The predicted molar refractivity (Wildman–Crippen MR) is 73.6 cm³/mol. The Morgan fingerprint density at radius 2 is 2.28 bits per heavy atom. The average Bonchev–Trinajstić information content (AvgIpc) is 2.66. The van der Waals surface area contributed by atoms with Gasteiger partial charge in [0.05, 0.1) is 0 Å². The predicted octanol–water partition coefficient (Wildman–Crippen LogP) is 0.903. The molecule has 0 spiro atoms. The van der Waals surface area contributed by atoms with Gasteiger partial charge in [0.2, 0.25) is 5.91 Å². The van der Waals surface area contributed by atoms with Crippen molar-refractivity contribution in [1.29, 1.82) is 0 Å². The van der Waals surface area contributed by atoms with Gasteiger partial charge in [-0.05, 0) is 25.0 Å². The number of nitrogens with one attached hydrogen (secondary N) is 1. The van der Waals surface area contributed by atoms with Crippen LogP contribution in [0.4, 0.5) is 5.69 Å². The summed E-state index contributed by atoms with van der Waals surface area (Å²) in [6.45, 7) is 4.17. The van der Waals surface area contributed by atoms with Gasteiger partial charge < -0.3 is 16.0 Å². The van der Waals surface area contributed by atoms with Gasteiger partial charge in [0, 0.05) is 37.8 Å². The number of nitrogens with zero attached hydrogens (tertiary/aromatic N) is 1. The first kappa shape index (κ1) is 12.9. The summed E-state index contributed by atoms with van der Waals surface area (Å²) in [5, 5.41) is 2.90. The molecule has 3 N–H and O–H groups in total. The van der Waals surface area contributed by atoms with Crippen LogP contribution in [0.25, 0.3) is 0 Å². The van der Waals surface area contributed by atoms with Gasteiger partial charge in [0.25, 0.3) is 0 Å². The molecule has 1 aromatic rings. The molecule has 0 radical (unpaired) electrons. The Bertz CT molecular complexity index is 419. The third-order valence-electron chi connectivity index (χ3n) is 3.39. The Morgan fingerprint density at radius 1 is 1.50 bits per heavy atom. The van der Waals surface area contributed by atoms with Gasteiger partial charge in [0.1, 0.15) is 0 Å². The fraction of sp³-hybridized carbons (Fsp3) is 0.500. The van der Waals surface area contributed by atoms with Gasteiger partial charge in [-0.1, -0.05) is 18.2 Å². The van der Waals surface area contributed by atoms with E-state index in [4.69, 9.17) is 5.73 Å². The summed E-state index contributed by atoms with van der Waals surface area (Å²) in [6, 6.07) is 8.99. The Labute approximate surface area is 108 Å². The number of nitrogens with two attached hydrogens (primary N) is 1. The zero-order valence-electron chi connectivity index (χ0n) is 10.9. The average molecular weight is 247 g/mol. The largest absolute Gasteiger partial charge is 0.367 e. The second-order valence-corrected chi connectivity index (χ2v) is 4.76. The minimum Gasteiger partial charge on any atom is -0.367 e. The fourth-order valence-corrected chi connectivity index (χ4v) is 2.51. The molecule has 0 aromatic heterocycles. The van der Waals surface area contributed by atoms with Gasteiger partial charge in [-0.25, -0.2) is 0 Å². The molecule has 1 heterocycles. The Hall–Kier alpha value is -1.55. The van der Waals surface area contributed by atoms with E-state index in [0.29, 0.717) is 25.6 Å². The number of hydrogen-bond donors (Lipinski definition) is 2. The third kappa shape index (κ3) is 2.82. The summed E-state index contributed by atoms with van der Waals surface area (Å²) in [7, 11) is 0. The van der Waals surface area contributed by atoms with Crippen LogP contribution in [0.1, 0.15) is 18.9 Å². The van der Waals surface area contributed by atoms with Gasteiger partial charge in [-0.15, -0.1) is 0 Å². The van der Waals surface area contributed by atoms with E-state index in [2.05, 4.69) is 41.4 Å². The minimum atomic E-state index is 0.0395. The van der Waals surface area contributed by atoms with Crippen LogP contribution in [0.5, 0.6) is 0 Å². The summed E-state index contributed by atoms with van der Waals surface area (Å²) < 4.78 is 0. The van der Waals surface area contributed by atoms with Crippen molar-refractivity contribution in [1.82, 2.24) is 5.32 Å². The van der Waals surface area contributed by atoms with E-state index in [1.807, 2.05) is 0 Å². The zero-order chi connectivity index (χ0) is 13.0. The number of carbonyl (C=O) groups excluding carboxylic acids is 1. The topological polar surface area (TPSA) is 58.4 Å². The number of benzene rings is 1. The van der Waals surface area contributed by atoms with Gasteiger partial charge in [-0.2, -0.15) is 0 Å². The highest BCUT2D eigenvalue weighted by Gasteiger charge is 2.24. The Kier molecular flexibility index (Phi) is 4.20. The lowest BCUT2D eigenvalue weighted by atomic mass is 10.1. The maximum atomic E-state index is 11.3. The quantitative estimate of drug-likeness (QED) is 0.813. The first-order valence-corrected chi connectivity index (χ1v) is 6.53. The SMILES string of the molecule is CC1Cc2ccccc2N1CCNC(=O)CCN. The van der Waals surface area contributed by atoms with Crippen molar-refractivity contribution in [3.8, 4) is 0 Å². The van der Waals surface area contributed by atoms with Crippen LogP contribution in [-0.4, -0.2) is 31.6 Å². The van der Waals surface area contributed by atoms with Crippen molar-refractivity contribution in [2.75, 3.05) is 24.5 Å². The van der Waals surface area contributed by atoms with Crippen LogP contribution in [0, 0.1) is 0 Å². The number of carbonyl (C=O) groups is 1. The van der Waals surface area contributed by atoms with Crippen molar-refractivity contribution in [3.05, 3.63) is 29.8 Å². The molecular formula is C14H21N3O. The molecule has 1 unspecified atom stereocenters. The minimum absolute atomic E-state index is 0.0395. The summed E-state index contributed by atoms with van der Waals surface area (Å²) in [4.78, 5) is 13.7. The van der Waals surface area contributed by atoms with E-state index in [1.54, 1.807) is 0 Å². The van der Waals surface area contributed by atoms with Crippen LogP contribution in [0.15, 0.2) is 24.3 Å². The lowest BCUT2D eigenvalue weighted by Crippen LogP contribution is -2.38. The molecule has 4 heteroatoms. The van der Waals surface area contributed by atoms with Crippen LogP contribution < -0.4 is 16.0 Å². The van der Waals surface area contributed by atoms with E-state index >= 15 is 0 Å².